The van der Waals surface area contributed by atoms with Crippen molar-refractivity contribution < 1.29 is 43.5 Å². The van der Waals surface area contributed by atoms with E-state index < -0.39 is 41.6 Å². The van der Waals surface area contributed by atoms with Crippen molar-refractivity contribution in [3.8, 4) is 0 Å². The highest BCUT2D eigenvalue weighted by atomic mass is 79.9. The Morgan fingerprint density at radius 1 is 1.00 bits per heavy atom. The van der Waals surface area contributed by atoms with Crippen molar-refractivity contribution in [1.82, 2.24) is 4.90 Å². The third-order valence-corrected chi connectivity index (χ3v) is 8.00. The Balaban J connectivity index is 1.52. The standard InChI is InChI=1S/C31H36BrNO9/c32-27-20-26(35)28(42-31(27,38)12-7-14-39-16-17-40-15-13-34)25(19-23-10-5-2-6-11-23)29(36)33-24(21-41-30(33)37)18-22-8-3-1-4-9-22/h1-6,8-11,20,24-25,28,34,38H,7,12-19,21H2. The van der Waals surface area contributed by atoms with Gasteiger partial charge in [0.1, 0.15) is 12.7 Å². The summed E-state index contributed by atoms with van der Waals surface area (Å²) in [5.74, 6) is -4.07. The van der Waals surface area contributed by atoms with E-state index in [4.69, 9.17) is 24.1 Å². The van der Waals surface area contributed by atoms with Crippen molar-refractivity contribution in [2.24, 2.45) is 5.92 Å². The molecule has 10 nitrogen and oxygen atoms in total. The molecule has 2 heterocycles. The molecule has 4 atom stereocenters. The first-order valence-corrected chi connectivity index (χ1v) is 14.8. The van der Waals surface area contributed by atoms with Gasteiger partial charge < -0.3 is 29.2 Å². The molecule has 0 radical (unpaired) electrons. The van der Waals surface area contributed by atoms with Crippen LogP contribution in [0.1, 0.15) is 24.0 Å². The zero-order chi connectivity index (χ0) is 30.0. The number of carbonyl (C=O) groups excluding carboxylic acids is 3. The predicted molar refractivity (Wildman–Crippen MR) is 156 cm³/mol. The molecule has 2 N–H and O–H groups in total. The minimum atomic E-state index is -1.88. The zero-order valence-corrected chi connectivity index (χ0v) is 24.8. The number of carbonyl (C=O) groups is 3. The number of halogens is 1. The van der Waals surface area contributed by atoms with Gasteiger partial charge >= 0.3 is 6.09 Å². The molecule has 2 aliphatic heterocycles. The van der Waals surface area contributed by atoms with Crippen molar-refractivity contribution in [2.75, 3.05) is 39.6 Å². The quantitative estimate of drug-likeness (QED) is 0.280. The van der Waals surface area contributed by atoms with Crippen molar-refractivity contribution >= 4 is 33.7 Å². The summed E-state index contributed by atoms with van der Waals surface area (Å²) in [5.41, 5.74) is 1.71. The maximum Gasteiger partial charge on any atom is 0.416 e. The lowest BCUT2D eigenvalue weighted by molar-refractivity contribution is -0.218. The van der Waals surface area contributed by atoms with Crippen LogP contribution in [0.5, 0.6) is 0 Å². The zero-order valence-electron chi connectivity index (χ0n) is 23.2. The molecule has 1 saturated heterocycles. The number of hydrogen-bond acceptors (Lipinski definition) is 9. The van der Waals surface area contributed by atoms with Crippen LogP contribution in [-0.2, 0) is 41.4 Å². The van der Waals surface area contributed by atoms with Gasteiger partial charge in [0.25, 0.3) is 0 Å². The largest absolute Gasteiger partial charge is 0.447 e. The Kier molecular flexibility index (Phi) is 11.8. The molecule has 42 heavy (non-hydrogen) atoms. The number of nitrogens with zero attached hydrogens (tertiary/aromatic N) is 1. The molecule has 1 fully saturated rings. The predicted octanol–water partition coefficient (Wildman–Crippen LogP) is 3.18. The van der Waals surface area contributed by atoms with E-state index in [1.807, 2.05) is 60.7 Å². The molecule has 226 valence electrons. The average Bonchev–Trinajstić information content (AvgIpc) is 3.35. The molecule has 2 aromatic carbocycles. The lowest BCUT2D eigenvalue weighted by Gasteiger charge is -2.38. The lowest BCUT2D eigenvalue weighted by atomic mass is 9.87. The molecule has 11 heteroatoms. The summed E-state index contributed by atoms with van der Waals surface area (Å²) in [5, 5.41) is 20.2. The van der Waals surface area contributed by atoms with Crippen LogP contribution in [0.25, 0.3) is 0 Å². The first kappa shape index (κ1) is 32.0. The fraction of sp³-hybridized carbons (Fsp3) is 0.452. The molecule has 4 rings (SSSR count). The highest BCUT2D eigenvalue weighted by molar-refractivity contribution is 9.11. The highest BCUT2D eigenvalue weighted by Crippen LogP contribution is 2.38. The minimum Gasteiger partial charge on any atom is -0.447 e. The summed E-state index contributed by atoms with van der Waals surface area (Å²) in [6.45, 7) is 1.15. The van der Waals surface area contributed by atoms with Crippen LogP contribution in [0.15, 0.2) is 71.2 Å². The molecule has 0 saturated carbocycles. The normalized spacial score (nSPS) is 23.0. The van der Waals surface area contributed by atoms with Gasteiger partial charge in [0.05, 0.1) is 42.9 Å². The number of aliphatic hydroxyl groups excluding tert-OH is 1. The molecule has 4 unspecified atom stereocenters. The Morgan fingerprint density at radius 2 is 1.64 bits per heavy atom. The molecule has 2 amide bonds. The summed E-state index contributed by atoms with van der Waals surface area (Å²) in [6.07, 6.45) is 0.103. The fourth-order valence-corrected chi connectivity index (χ4v) is 5.56. The summed E-state index contributed by atoms with van der Waals surface area (Å²) in [7, 11) is 0. The molecular formula is C31H36BrNO9. The third-order valence-electron chi connectivity index (χ3n) is 7.15. The van der Waals surface area contributed by atoms with Crippen LogP contribution in [0, 0.1) is 5.92 Å². The van der Waals surface area contributed by atoms with Crippen molar-refractivity contribution in [1.29, 1.82) is 0 Å². The minimum absolute atomic E-state index is 0.0391. The first-order chi connectivity index (χ1) is 20.3. The van der Waals surface area contributed by atoms with Crippen LogP contribution in [0.3, 0.4) is 0 Å². The second-order valence-corrected chi connectivity index (χ2v) is 11.0. The number of aliphatic hydroxyl groups is 2. The van der Waals surface area contributed by atoms with Gasteiger partial charge in [-0.3, -0.25) is 9.59 Å². The van der Waals surface area contributed by atoms with E-state index in [0.29, 0.717) is 32.7 Å². The van der Waals surface area contributed by atoms with Gasteiger partial charge in [0, 0.05) is 13.0 Å². The third kappa shape index (κ3) is 8.33. The summed E-state index contributed by atoms with van der Waals surface area (Å²) < 4.78 is 22.2. The van der Waals surface area contributed by atoms with E-state index in [2.05, 4.69) is 15.9 Å². The summed E-state index contributed by atoms with van der Waals surface area (Å²) >= 11 is 3.28. The molecule has 0 bridgehead atoms. The number of ether oxygens (including phenoxy) is 4. The van der Waals surface area contributed by atoms with E-state index in [9.17, 15) is 19.5 Å². The number of imide groups is 1. The number of amides is 2. The average molecular weight is 647 g/mol. The van der Waals surface area contributed by atoms with E-state index in [-0.39, 0.29) is 37.1 Å². The smallest absolute Gasteiger partial charge is 0.416 e. The van der Waals surface area contributed by atoms with Gasteiger partial charge in [-0.05, 0) is 52.4 Å². The van der Waals surface area contributed by atoms with Gasteiger partial charge in [-0.2, -0.15) is 0 Å². The van der Waals surface area contributed by atoms with Gasteiger partial charge in [-0.1, -0.05) is 60.7 Å². The number of ketones is 1. The first-order valence-electron chi connectivity index (χ1n) is 14.0. The van der Waals surface area contributed by atoms with E-state index in [1.165, 1.54) is 6.08 Å². The summed E-state index contributed by atoms with van der Waals surface area (Å²) in [6, 6.07) is 18.1. The van der Waals surface area contributed by atoms with Crippen molar-refractivity contribution in [3.63, 3.8) is 0 Å². The second-order valence-electron chi connectivity index (χ2n) is 10.2. The van der Waals surface area contributed by atoms with Gasteiger partial charge in [0.2, 0.25) is 5.91 Å². The van der Waals surface area contributed by atoms with Crippen LogP contribution in [0.2, 0.25) is 0 Å². The maximum atomic E-state index is 14.1. The Labute approximate surface area is 253 Å². The van der Waals surface area contributed by atoms with Crippen molar-refractivity contribution in [2.45, 2.75) is 43.6 Å². The molecule has 0 aromatic heterocycles. The molecule has 2 aromatic rings. The maximum absolute atomic E-state index is 14.1. The van der Waals surface area contributed by atoms with Crippen LogP contribution >= 0.6 is 15.9 Å². The lowest BCUT2D eigenvalue weighted by Crippen LogP contribution is -2.53. The Morgan fingerprint density at radius 3 is 2.31 bits per heavy atom. The summed E-state index contributed by atoms with van der Waals surface area (Å²) in [4.78, 5) is 41.4. The SMILES string of the molecule is O=C1C=C(Br)C(O)(CCCOCCOCCO)OC1C(Cc1ccccc1)C(=O)N1C(=O)OCC1Cc1ccccc1. The number of cyclic esters (lactones) is 1. The monoisotopic (exact) mass is 645 g/mol. The van der Waals surface area contributed by atoms with E-state index in [0.717, 1.165) is 16.0 Å². The molecule has 2 aliphatic rings. The van der Waals surface area contributed by atoms with Crippen LogP contribution in [-0.4, -0.2) is 90.5 Å². The van der Waals surface area contributed by atoms with Gasteiger partial charge in [-0.25, -0.2) is 9.69 Å². The highest BCUT2D eigenvalue weighted by Gasteiger charge is 2.49. The van der Waals surface area contributed by atoms with E-state index >= 15 is 0 Å². The fourth-order valence-electron chi connectivity index (χ4n) is 5.04. The van der Waals surface area contributed by atoms with E-state index in [1.54, 1.807) is 0 Å². The molecule has 0 spiro atoms. The van der Waals surface area contributed by atoms with Crippen LogP contribution < -0.4 is 0 Å². The number of rotatable bonds is 15. The molecule has 0 aliphatic carbocycles. The van der Waals surface area contributed by atoms with Crippen LogP contribution in [0.4, 0.5) is 4.79 Å². The number of benzene rings is 2. The van der Waals surface area contributed by atoms with Gasteiger partial charge in [0.15, 0.2) is 11.6 Å². The Hall–Kier alpha value is -2.93. The Bertz CT molecular complexity index is 1230. The molecular weight excluding hydrogens is 610 g/mol. The number of hydrogen-bond donors (Lipinski definition) is 2. The van der Waals surface area contributed by atoms with Crippen molar-refractivity contribution in [3.05, 3.63) is 82.3 Å². The second kappa shape index (κ2) is 15.5. The topological polar surface area (TPSA) is 132 Å². The van der Waals surface area contributed by atoms with Gasteiger partial charge in [-0.15, -0.1) is 0 Å².